The Balaban J connectivity index is 1.90. The predicted octanol–water partition coefficient (Wildman–Crippen LogP) is 3.57. The standard InChI is InChI=1S/C20H24ClNO4/c1-11-7-12(2)16-20(17(23)25-19(3,4)26-18(20)24)9-13-5-6-14(21)8-15(13)22(16)10-11/h5-6,8,11-12,16H,7,9-10H2,1-4H3/t11-,12-,16-/m1/s1. The lowest BCUT2D eigenvalue weighted by Gasteiger charge is -2.56. The van der Waals surface area contributed by atoms with Gasteiger partial charge >= 0.3 is 11.9 Å². The molecular formula is C20H24ClNO4. The van der Waals surface area contributed by atoms with E-state index in [0.29, 0.717) is 10.9 Å². The van der Waals surface area contributed by atoms with Gasteiger partial charge < -0.3 is 14.4 Å². The molecule has 6 heteroatoms. The van der Waals surface area contributed by atoms with Crippen LogP contribution in [0.4, 0.5) is 5.69 Å². The zero-order chi connectivity index (χ0) is 18.9. The Hall–Kier alpha value is -1.75. The van der Waals surface area contributed by atoms with Crippen molar-refractivity contribution < 1.29 is 19.1 Å². The van der Waals surface area contributed by atoms with Gasteiger partial charge in [0, 0.05) is 37.5 Å². The summed E-state index contributed by atoms with van der Waals surface area (Å²) in [5.41, 5.74) is 0.619. The Labute approximate surface area is 158 Å². The van der Waals surface area contributed by atoms with Gasteiger partial charge in [-0.1, -0.05) is 31.5 Å². The molecule has 0 aromatic heterocycles. The van der Waals surface area contributed by atoms with E-state index in [4.69, 9.17) is 21.1 Å². The van der Waals surface area contributed by atoms with E-state index in [1.165, 1.54) is 0 Å². The highest BCUT2D eigenvalue weighted by molar-refractivity contribution is 6.30. The van der Waals surface area contributed by atoms with Crippen LogP contribution in [0.5, 0.6) is 0 Å². The fourth-order valence-corrected chi connectivity index (χ4v) is 5.24. The van der Waals surface area contributed by atoms with Gasteiger partial charge in [0.25, 0.3) is 5.79 Å². The second kappa shape index (κ2) is 5.62. The molecular weight excluding hydrogens is 354 g/mol. The minimum atomic E-state index is -1.32. The van der Waals surface area contributed by atoms with E-state index in [2.05, 4.69) is 18.7 Å². The normalized spacial score (nSPS) is 31.7. The highest BCUT2D eigenvalue weighted by atomic mass is 35.5. The zero-order valence-electron chi connectivity index (χ0n) is 15.5. The Bertz CT molecular complexity index is 770. The second-order valence-electron chi connectivity index (χ2n) is 8.52. The van der Waals surface area contributed by atoms with Crippen LogP contribution in [0.25, 0.3) is 0 Å². The van der Waals surface area contributed by atoms with Crippen molar-refractivity contribution in [1.82, 2.24) is 0 Å². The maximum absolute atomic E-state index is 13.2. The number of anilines is 1. The van der Waals surface area contributed by atoms with Crippen LogP contribution in [0.3, 0.4) is 0 Å². The highest BCUT2D eigenvalue weighted by Gasteiger charge is 2.65. The summed E-state index contributed by atoms with van der Waals surface area (Å²) in [6.45, 7) is 8.25. The molecule has 0 saturated carbocycles. The average molecular weight is 378 g/mol. The number of fused-ring (bicyclic) bond motifs is 4. The van der Waals surface area contributed by atoms with Crippen molar-refractivity contribution in [2.45, 2.75) is 52.4 Å². The summed E-state index contributed by atoms with van der Waals surface area (Å²) in [5, 5.41) is 0.652. The average Bonchev–Trinajstić information content (AvgIpc) is 2.51. The third kappa shape index (κ3) is 2.43. The van der Waals surface area contributed by atoms with E-state index in [1.54, 1.807) is 19.9 Å². The van der Waals surface area contributed by atoms with E-state index in [-0.39, 0.29) is 18.4 Å². The van der Waals surface area contributed by atoms with Gasteiger partial charge in [0.05, 0.1) is 6.04 Å². The van der Waals surface area contributed by atoms with Crippen LogP contribution in [0, 0.1) is 17.3 Å². The molecule has 1 aromatic carbocycles. The second-order valence-corrected chi connectivity index (χ2v) is 8.95. The van der Waals surface area contributed by atoms with Crippen molar-refractivity contribution >= 4 is 29.2 Å². The Kier molecular flexibility index (Phi) is 3.82. The summed E-state index contributed by atoms with van der Waals surface area (Å²) in [6, 6.07) is 5.35. The van der Waals surface area contributed by atoms with Gasteiger partial charge in [-0.25, -0.2) is 0 Å². The monoisotopic (exact) mass is 377 g/mol. The van der Waals surface area contributed by atoms with Crippen LogP contribution in [0.1, 0.15) is 39.7 Å². The van der Waals surface area contributed by atoms with Crippen molar-refractivity contribution in [1.29, 1.82) is 0 Å². The van der Waals surface area contributed by atoms with Crippen LogP contribution < -0.4 is 4.90 Å². The molecule has 26 heavy (non-hydrogen) atoms. The maximum Gasteiger partial charge on any atom is 0.329 e. The van der Waals surface area contributed by atoms with Crippen molar-refractivity contribution in [3.63, 3.8) is 0 Å². The van der Waals surface area contributed by atoms with Gasteiger partial charge in [0.2, 0.25) is 0 Å². The summed E-state index contributed by atoms with van der Waals surface area (Å²) in [5.74, 6) is -1.58. The molecule has 3 atom stereocenters. The minimum absolute atomic E-state index is 0.146. The number of carbonyl (C=O) groups excluding carboxylic acids is 2. The van der Waals surface area contributed by atoms with Gasteiger partial charge in [0.15, 0.2) is 5.41 Å². The molecule has 3 aliphatic heterocycles. The largest absolute Gasteiger partial charge is 0.422 e. The first-order valence-corrected chi connectivity index (χ1v) is 9.54. The summed E-state index contributed by atoms with van der Waals surface area (Å²) >= 11 is 6.24. The number of hydrogen-bond donors (Lipinski definition) is 0. The van der Waals surface area contributed by atoms with Gasteiger partial charge in [-0.2, -0.15) is 0 Å². The smallest absolute Gasteiger partial charge is 0.329 e. The zero-order valence-corrected chi connectivity index (χ0v) is 16.3. The Morgan fingerprint density at radius 2 is 1.81 bits per heavy atom. The van der Waals surface area contributed by atoms with E-state index in [1.807, 2.05) is 12.1 Å². The number of nitrogens with zero attached hydrogens (tertiary/aromatic N) is 1. The number of ether oxygens (including phenoxy) is 2. The first kappa shape index (κ1) is 17.7. The maximum atomic E-state index is 13.2. The van der Waals surface area contributed by atoms with Gasteiger partial charge in [-0.15, -0.1) is 0 Å². The van der Waals surface area contributed by atoms with E-state index in [9.17, 15) is 9.59 Å². The Morgan fingerprint density at radius 1 is 1.15 bits per heavy atom. The number of piperidine rings is 1. The molecule has 3 heterocycles. The third-order valence-electron chi connectivity index (χ3n) is 5.89. The lowest BCUT2D eigenvalue weighted by Crippen LogP contribution is -2.69. The molecule has 4 rings (SSSR count). The molecule has 5 nitrogen and oxygen atoms in total. The molecule has 0 bridgehead atoms. The lowest BCUT2D eigenvalue weighted by molar-refractivity contribution is -0.254. The first-order valence-electron chi connectivity index (χ1n) is 9.16. The number of rotatable bonds is 0. The number of hydrogen-bond acceptors (Lipinski definition) is 5. The summed E-state index contributed by atoms with van der Waals surface area (Å²) in [7, 11) is 0. The van der Waals surface area contributed by atoms with E-state index >= 15 is 0 Å². The van der Waals surface area contributed by atoms with Crippen molar-refractivity contribution in [3.05, 3.63) is 28.8 Å². The molecule has 0 unspecified atom stereocenters. The number of cyclic esters (lactones) is 2. The van der Waals surface area contributed by atoms with Crippen LogP contribution in [0.15, 0.2) is 18.2 Å². The van der Waals surface area contributed by atoms with E-state index in [0.717, 1.165) is 24.2 Å². The minimum Gasteiger partial charge on any atom is -0.422 e. The Morgan fingerprint density at radius 3 is 2.46 bits per heavy atom. The van der Waals surface area contributed by atoms with Crippen molar-refractivity contribution in [2.75, 3.05) is 11.4 Å². The molecule has 140 valence electrons. The fourth-order valence-electron chi connectivity index (χ4n) is 5.07. The van der Waals surface area contributed by atoms with Gasteiger partial charge in [-0.05, 0) is 36.0 Å². The van der Waals surface area contributed by atoms with Gasteiger partial charge in [0.1, 0.15) is 0 Å². The van der Waals surface area contributed by atoms with Crippen LogP contribution >= 0.6 is 11.6 Å². The molecule has 2 fully saturated rings. The summed E-state index contributed by atoms with van der Waals surface area (Å²) < 4.78 is 11.1. The number of halogens is 1. The van der Waals surface area contributed by atoms with Crippen LogP contribution in [-0.2, 0) is 25.5 Å². The van der Waals surface area contributed by atoms with Crippen molar-refractivity contribution in [2.24, 2.45) is 17.3 Å². The molecule has 0 radical (unpaired) electrons. The molecule has 0 N–H and O–H groups in total. The first-order chi connectivity index (χ1) is 12.1. The lowest BCUT2D eigenvalue weighted by atomic mass is 9.63. The molecule has 1 aromatic rings. The number of benzene rings is 1. The SMILES string of the molecule is C[C@@H]1C[C@@H](C)[C@H]2N(C1)c1cc(Cl)ccc1CC21C(=O)OC(C)(C)OC1=O. The summed E-state index contributed by atoms with van der Waals surface area (Å²) in [4.78, 5) is 28.5. The van der Waals surface area contributed by atoms with Crippen LogP contribution in [0.2, 0.25) is 5.02 Å². The molecule has 3 aliphatic rings. The topological polar surface area (TPSA) is 55.8 Å². The molecule has 0 aliphatic carbocycles. The van der Waals surface area contributed by atoms with E-state index < -0.39 is 23.1 Å². The van der Waals surface area contributed by atoms with Crippen molar-refractivity contribution in [3.8, 4) is 0 Å². The highest BCUT2D eigenvalue weighted by Crippen LogP contribution is 2.52. The summed E-state index contributed by atoms with van der Waals surface area (Å²) in [6.07, 6.45) is 1.23. The fraction of sp³-hybridized carbons (Fsp3) is 0.600. The van der Waals surface area contributed by atoms with Gasteiger partial charge in [-0.3, -0.25) is 9.59 Å². The molecule has 1 spiro atoms. The molecule has 0 amide bonds. The predicted molar refractivity (Wildman–Crippen MR) is 97.9 cm³/mol. The number of carbonyl (C=O) groups is 2. The quantitative estimate of drug-likeness (QED) is 0.511. The van der Waals surface area contributed by atoms with Crippen LogP contribution in [-0.4, -0.2) is 30.3 Å². The number of esters is 2. The third-order valence-corrected chi connectivity index (χ3v) is 6.13. The molecule has 2 saturated heterocycles.